The average Bonchev–Trinajstić information content (AvgIpc) is 2.81. The summed E-state index contributed by atoms with van der Waals surface area (Å²) >= 11 is 1.67. The molecule has 0 spiro atoms. The molecule has 0 aliphatic carbocycles. The van der Waals surface area contributed by atoms with Crippen molar-refractivity contribution in [2.75, 3.05) is 17.7 Å². The van der Waals surface area contributed by atoms with Crippen LogP contribution in [0.2, 0.25) is 0 Å². The number of ether oxygens (including phenoxy) is 1. The van der Waals surface area contributed by atoms with Gasteiger partial charge < -0.3 is 15.8 Å². The molecule has 19 heavy (non-hydrogen) atoms. The fraction of sp³-hybridized carbons (Fsp3) is 0.333. The number of benzene rings is 1. The third kappa shape index (κ3) is 3.64. The zero-order valence-electron chi connectivity index (χ0n) is 11.4. The molecule has 0 saturated carbocycles. The highest BCUT2D eigenvalue weighted by molar-refractivity contribution is 7.10. The van der Waals surface area contributed by atoms with E-state index in [9.17, 15) is 0 Å². The first-order valence-corrected chi connectivity index (χ1v) is 7.38. The molecule has 1 aromatic carbocycles. The molecule has 0 radical (unpaired) electrons. The van der Waals surface area contributed by atoms with Crippen LogP contribution in [-0.2, 0) is 6.54 Å². The van der Waals surface area contributed by atoms with Crippen LogP contribution in [0, 0.1) is 6.92 Å². The van der Waals surface area contributed by atoms with E-state index in [-0.39, 0.29) is 0 Å². The van der Waals surface area contributed by atoms with Crippen molar-refractivity contribution in [2.45, 2.75) is 26.8 Å². The molecule has 102 valence electrons. The highest BCUT2D eigenvalue weighted by atomic mass is 32.1. The summed E-state index contributed by atoms with van der Waals surface area (Å²) in [6.45, 7) is 5.64. The van der Waals surface area contributed by atoms with Crippen molar-refractivity contribution in [3.8, 4) is 5.75 Å². The number of nitrogen functional groups attached to an aromatic ring is 1. The fourth-order valence-electron chi connectivity index (χ4n) is 1.78. The summed E-state index contributed by atoms with van der Waals surface area (Å²) in [5.41, 5.74) is 8.96. The maximum Gasteiger partial charge on any atom is 0.142 e. The van der Waals surface area contributed by atoms with Crippen LogP contribution in [0.25, 0.3) is 0 Å². The van der Waals surface area contributed by atoms with Crippen molar-refractivity contribution in [1.29, 1.82) is 0 Å². The SMILES string of the molecule is CCCOc1cc(C)ccc1NCc1sccc1N. The van der Waals surface area contributed by atoms with Crippen molar-refractivity contribution < 1.29 is 4.74 Å². The summed E-state index contributed by atoms with van der Waals surface area (Å²) < 4.78 is 5.78. The van der Waals surface area contributed by atoms with Crippen LogP contribution >= 0.6 is 11.3 Å². The number of thiophene rings is 1. The zero-order valence-corrected chi connectivity index (χ0v) is 12.2. The lowest BCUT2D eigenvalue weighted by molar-refractivity contribution is 0.318. The molecule has 0 unspecified atom stereocenters. The molecule has 0 aliphatic heterocycles. The summed E-state index contributed by atoms with van der Waals surface area (Å²) in [5.74, 6) is 0.914. The second-order valence-corrected chi connectivity index (χ2v) is 5.50. The molecule has 0 bridgehead atoms. The molecule has 1 heterocycles. The second kappa shape index (κ2) is 6.48. The molecule has 0 atom stereocenters. The normalized spacial score (nSPS) is 10.4. The van der Waals surface area contributed by atoms with Gasteiger partial charge in [0.25, 0.3) is 0 Å². The van der Waals surface area contributed by atoms with Crippen LogP contribution in [0.5, 0.6) is 5.75 Å². The minimum absolute atomic E-state index is 0.731. The van der Waals surface area contributed by atoms with Gasteiger partial charge in [0.05, 0.1) is 18.8 Å². The van der Waals surface area contributed by atoms with E-state index in [2.05, 4.69) is 37.4 Å². The lowest BCUT2D eigenvalue weighted by Crippen LogP contribution is -2.04. The van der Waals surface area contributed by atoms with Gasteiger partial charge in [0.1, 0.15) is 5.75 Å². The Labute approximate surface area is 118 Å². The Balaban J connectivity index is 2.08. The van der Waals surface area contributed by atoms with E-state index in [1.807, 2.05) is 11.4 Å². The predicted molar refractivity (Wildman–Crippen MR) is 83.0 cm³/mol. The summed E-state index contributed by atoms with van der Waals surface area (Å²) in [7, 11) is 0. The molecule has 0 amide bonds. The molecule has 3 N–H and O–H groups in total. The standard InChI is InChI=1S/C15H20N2OS/c1-3-7-18-14-9-11(2)4-5-13(14)17-10-15-12(16)6-8-19-15/h4-6,8-9,17H,3,7,10,16H2,1-2H3. The van der Waals surface area contributed by atoms with Gasteiger partial charge in [-0.05, 0) is 42.5 Å². The lowest BCUT2D eigenvalue weighted by atomic mass is 10.2. The van der Waals surface area contributed by atoms with Gasteiger partial charge >= 0.3 is 0 Å². The minimum atomic E-state index is 0.731. The van der Waals surface area contributed by atoms with E-state index in [0.29, 0.717) is 0 Å². The molecular weight excluding hydrogens is 256 g/mol. The molecule has 0 fully saturated rings. The highest BCUT2D eigenvalue weighted by Gasteiger charge is 2.06. The minimum Gasteiger partial charge on any atom is -0.491 e. The van der Waals surface area contributed by atoms with E-state index in [0.717, 1.165) is 41.6 Å². The van der Waals surface area contributed by atoms with Crippen LogP contribution in [-0.4, -0.2) is 6.61 Å². The first-order valence-electron chi connectivity index (χ1n) is 6.50. The average molecular weight is 276 g/mol. The molecular formula is C15H20N2OS. The van der Waals surface area contributed by atoms with Crippen molar-refractivity contribution in [1.82, 2.24) is 0 Å². The lowest BCUT2D eigenvalue weighted by Gasteiger charge is -2.13. The van der Waals surface area contributed by atoms with Crippen molar-refractivity contribution in [3.05, 3.63) is 40.1 Å². The summed E-state index contributed by atoms with van der Waals surface area (Å²) in [4.78, 5) is 1.15. The Morgan fingerprint density at radius 2 is 2.16 bits per heavy atom. The van der Waals surface area contributed by atoms with Crippen LogP contribution in [0.1, 0.15) is 23.8 Å². The molecule has 0 saturated heterocycles. The molecule has 1 aromatic heterocycles. The van der Waals surface area contributed by atoms with E-state index in [4.69, 9.17) is 10.5 Å². The maximum atomic E-state index is 5.89. The van der Waals surface area contributed by atoms with Gasteiger partial charge in [0.2, 0.25) is 0 Å². The second-order valence-electron chi connectivity index (χ2n) is 4.50. The van der Waals surface area contributed by atoms with Gasteiger partial charge in [-0.3, -0.25) is 0 Å². The summed E-state index contributed by atoms with van der Waals surface area (Å²) in [5, 5.41) is 5.41. The number of anilines is 2. The summed E-state index contributed by atoms with van der Waals surface area (Å²) in [6.07, 6.45) is 1.01. The number of hydrogen-bond acceptors (Lipinski definition) is 4. The molecule has 2 rings (SSSR count). The smallest absolute Gasteiger partial charge is 0.142 e. The number of nitrogens with two attached hydrogens (primary N) is 1. The van der Waals surface area contributed by atoms with Crippen LogP contribution in [0.3, 0.4) is 0 Å². The van der Waals surface area contributed by atoms with Gasteiger partial charge in [-0.2, -0.15) is 0 Å². The largest absolute Gasteiger partial charge is 0.491 e. The number of aryl methyl sites for hydroxylation is 1. The van der Waals surface area contributed by atoms with Crippen molar-refractivity contribution in [3.63, 3.8) is 0 Å². The predicted octanol–water partition coefficient (Wildman–Crippen LogP) is 4.04. The fourth-order valence-corrected chi connectivity index (χ4v) is 2.52. The Bertz CT molecular complexity index is 537. The van der Waals surface area contributed by atoms with Crippen molar-refractivity contribution in [2.24, 2.45) is 0 Å². The Morgan fingerprint density at radius 3 is 2.84 bits per heavy atom. The quantitative estimate of drug-likeness (QED) is 0.837. The Hall–Kier alpha value is -1.68. The Morgan fingerprint density at radius 1 is 1.32 bits per heavy atom. The highest BCUT2D eigenvalue weighted by Crippen LogP contribution is 2.28. The van der Waals surface area contributed by atoms with Crippen molar-refractivity contribution >= 4 is 22.7 Å². The molecule has 0 aliphatic rings. The van der Waals surface area contributed by atoms with E-state index >= 15 is 0 Å². The topological polar surface area (TPSA) is 47.3 Å². The number of hydrogen-bond donors (Lipinski definition) is 2. The van der Waals surface area contributed by atoms with Gasteiger partial charge in [0.15, 0.2) is 0 Å². The molecule has 4 heteroatoms. The van der Waals surface area contributed by atoms with Gasteiger partial charge in [-0.25, -0.2) is 0 Å². The third-order valence-electron chi connectivity index (χ3n) is 2.82. The van der Waals surface area contributed by atoms with Gasteiger partial charge in [0, 0.05) is 10.6 Å². The van der Waals surface area contributed by atoms with Gasteiger partial charge in [-0.15, -0.1) is 11.3 Å². The zero-order chi connectivity index (χ0) is 13.7. The number of rotatable bonds is 6. The van der Waals surface area contributed by atoms with Crippen LogP contribution < -0.4 is 15.8 Å². The van der Waals surface area contributed by atoms with E-state index in [1.165, 1.54) is 5.56 Å². The molecule has 2 aromatic rings. The molecule has 3 nitrogen and oxygen atoms in total. The van der Waals surface area contributed by atoms with E-state index < -0.39 is 0 Å². The summed E-state index contributed by atoms with van der Waals surface area (Å²) in [6, 6.07) is 8.14. The maximum absolute atomic E-state index is 5.89. The number of nitrogens with one attached hydrogen (secondary N) is 1. The van der Waals surface area contributed by atoms with Gasteiger partial charge in [-0.1, -0.05) is 13.0 Å². The third-order valence-corrected chi connectivity index (χ3v) is 3.75. The van der Waals surface area contributed by atoms with Crippen LogP contribution in [0.15, 0.2) is 29.6 Å². The van der Waals surface area contributed by atoms with E-state index in [1.54, 1.807) is 11.3 Å². The Kier molecular flexibility index (Phi) is 4.68. The monoisotopic (exact) mass is 276 g/mol. The first kappa shape index (κ1) is 13.7. The first-order chi connectivity index (χ1) is 9.20. The van der Waals surface area contributed by atoms with Crippen LogP contribution in [0.4, 0.5) is 11.4 Å².